The normalized spacial score (nSPS) is 10.2. The van der Waals surface area contributed by atoms with Crippen LogP contribution in [0.15, 0.2) is 46.7 Å². The molecule has 2 heterocycles. The van der Waals surface area contributed by atoms with Gasteiger partial charge in [-0.2, -0.15) is 0 Å². The molecule has 0 saturated carbocycles. The maximum atomic E-state index is 5.77. The third-order valence-corrected chi connectivity index (χ3v) is 2.88. The topological polar surface area (TPSA) is 51.8 Å². The third kappa shape index (κ3) is 2.61. The van der Waals surface area contributed by atoms with Crippen LogP contribution in [0.2, 0.25) is 5.02 Å². The fourth-order valence-corrected chi connectivity index (χ4v) is 1.94. The summed E-state index contributed by atoms with van der Waals surface area (Å²) in [7, 11) is 0. The molecular weight excluding hydrogens is 230 g/mol. The Morgan fingerprint density at radius 2 is 2.13 bits per heavy atom. The summed E-state index contributed by atoms with van der Waals surface area (Å²) in [5.74, 6) is 0. The average Bonchev–Trinajstić information content (AvgIpc) is 2.24. The molecule has 0 aliphatic carbocycles. The monoisotopic (exact) mass is 237 g/mol. The molecule has 0 saturated heterocycles. The van der Waals surface area contributed by atoms with Gasteiger partial charge >= 0.3 is 0 Å². The molecule has 0 radical (unpaired) electrons. The molecule has 2 rings (SSSR count). The molecule has 5 heteroatoms. The Labute approximate surface area is 96.7 Å². The molecule has 0 spiro atoms. The van der Waals surface area contributed by atoms with Gasteiger partial charge < -0.3 is 5.73 Å². The van der Waals surface area contributed by atoms with E-state index in [2.05, 4.69) is 9.97 Å². The SMILES string of the molecule is Nc1cc(Cl)cnc1Sc1ccccn1. The predicted octanol–water partition coefficient (Wildman–Crippen LogP) is 2.86. The highest BCUT2D eigenvalue weighted by Crippen LogP contribution is 2.29. The lowest BCUT2D eigenvalue weighted by atomic mass is 10.4. The van der Waals surface area contributed by atoms with Crippen molar-refractivity contribution in [2.24, 2.45) is 0 Å². The molecule has 76 valence electrons. The molecule has 0 aliphatic heterocycles. The largest absolute Gasteiger partial charge is 0.396 e. The van der Waals surface area contributed by atoms with Crippen LogP contribution < -0.4 is 5.73 Å². The number of rotatable bonds is 2. The highest BCUT2D eigenvalue weighted by molar-refractivity contribution is 7.99. The number of anilines is 1. The zero-order chi connectivity index (χ0) is 10.7. The molecular formula is C10H8ClN3S. The van der Waals surface area contributed by atoms with E-state index >= 15 is 0 Å². The zero-order valence-corrected chi connectivity index (χ0v) is 9.29. The van der Waals surface area contributed by atoms with Gasteiger partial charge in [-0.25, -0.2) is 9.97 Å². The van der Waals surface area contributed by atoms with E-state index < -0.39 is 0 Å². The summed E-state index contributed by atoms with van der Waals surface area (Å²) in [5.41, 5.74) is 6.34. The smallest absolute Gasteiger partial charge is 0.125 e. The van der Waals surface area contributed by atoms with Crippen LogP contribution >= 0.6 is 23.4 Å². The molecule has 0 aromatic carbocycles. The molecule has 0 fully saturated rings. The highest BCUT2D eigenvalue weighted by atomic mass is 35.5. The van der Waals surface area contributed by atoms with Crippen molar-refractivity contribution in [3.05, 3.63) is 41.7 Å². The average molecular weight is 238 g/mol. The summed E-state index contributed by atoms with van der Waals surface area (Å²) >= 11 is 7.17. The van der Waals surface area contributed by atoms with Gasteiger partial charge in [0.05, 0.1) is 10.7 Å². The first-order chi connectivity index (χ1) is 7.25. The molecule has 0 unspecified atom stereocenters. The molecule has 0 atom stereocenters. The van der Waals surface area contributed by atoms with Crippen LogP contribution in [0.25, 0.3) is 0 Å². The van der Waals surface area contributed by atoms with Crippen molar-refractivity contribution in [3.8, 4) is 0 Å². The van der Waals surface area contributed by atoms with Crippen LogP contribution in [-0.2, 0) is 0 Å². The summed E-state index contributed by atoms with van der Waals surface area (Å²) in [6.45, 7) is 0. The van der Waals surface area contributed by atoms with Crippen molar-refractivity contribution in [3.63, 3.8) is 0 Å². The summed E-state index contributed by atoms with van der Waals surface area (Å²) in [5, 5.41) is 2.12. The number of nitrogen functional groups attached to an aromatic ring is 1. The van der Waals surface area contributed by atoms with Crippen molar-refractivity contribution in [2.75, 3.05) is 5.73 Å². The Bertz CT molecular complexity index is 461. The summed E-state index contributed by atoms with van der Waals surface area (Å²) in [6, 6.07) is 7.37. The molecule has 0 bridgehead atoms. The van der Waals surface area contributed by atoms with E-state index in [9.17, 15) is 0 Å². The lowest BCUT2D eigenvalue weighted by molar-refractivity contribution is 1.10. The Morgan fingerprint density at radius 3 is 2.80 bits per heavy atom. The first kappa shape index (κ1) is 10.3. The predicted molar refractivity (Wildman–Crippen MR) is 62.0 cm³/mol. The zero-order valence-electron chi connectivity index (χ0n) is 7.72. The van der Waals surface area contributed by atoms with Gasteiger partial charge in [0.2, 0.25) is 0 Å². The fraction of sp³-hybridized carbons (Fsp3) is 0. The Kier molecular flexibility index (Phi) is 3.08. The number of aromatic nitrogens is 2. The first-order valence-electron chi connectivity index (χ1n) is 4.25. The summed E-state index contributed by atoms with van der Waals surface area (Å²) in [6.07, 6.45) is 3.30. The number of hydrogen-bond acceptors (Lipinski definition) is 4. The van der Waals surface area contributed by atoms with E-state index in [1.165, 1.54) is 11.8 Å². The van der Waals surface area contributed by atoms with Crippen LogP contribution in [0.4, 0.5) is 5.69 Å². The van der Waals surface area contributed by atoms with Crippen molar-refractivity contribution in [2.45, 2.75) is 10.1 Å². The Hall–Kier alpha value is -1.26. The van der Waals surface area contributed by atoms with Crippen molar-refractivity contribution in [1.82, 2.24) is 9.97 Å². The summed E-state index contributed by atoms with van der Waals surface area (Å²) < 4.78 is 0. The van der Waals surface area contributed by atoms with Crippen LogP contribution in [0.5, 0.6) is 0 Å². The standard InChI is InChI=1S/C10H8ClN3S/c11-7-5-8(12)10(14-6-7)15-9-3-1-2-4-13-9/h1-6H,12H2. The molecule has 0 aliphatic rings. The molecule has 15 heavy (non-hydrogen) atoms. The maximum Gasteiger partial charge on any atom is 0.125 e. The minimum atomic E-state index is 0.540. The second kappa shape index (κ2) is 4.51. The number of halogens is 1. The third-order valence-electron chi connectivity index (χ3n) is 1.68. The van der Waals surface area contributed by atoms with Crippen LogP contribution in [0, 0.1) is 0 Å². The molecule has 3 nitrogen and oxygen atoms in total. The number of pyridine rings is 2. The summed E-state index contributed by atoms with van der Waals surface area (Å²) in [4.78, 5) is 8.31. The van der Waals surface area contributed by atoms with Gasteiger partial charge in [-0.15, -0.1) is 0 Å². The number of nitrogens with two attached hydrogens (primary N) is 1. The van der Waals surface area contributed by atoms with Gasteiger partial charge in [0.15, 0.2) is 0 Å². The maximum absolute atomic E-state index is 5.77. The molecule has 2 N–H and O–H groups in total. The Balaban J connectivity index is 2.25. The lowest BCUT2D eigenvalue weighted by Gasteiger charge is -2.03. The van der Waals surface area contributed by atoms with Gasteiger partial charge in [0.25, 0.3) is 0 Å². The number of nitrogens with zero attached hydrogens (tertiary/aromatic N) is 2. The van der Waals surface area contributed by atoms with Gasteiger partial charge in [-0.3, -0.25) is 0 Å². The minimum absolute atomic E-state index is 0.540. The van der Waals surface area contributed by atoms with Crippen molar-refractivity contribution < 1.29 is 0 Å². The van der Waals surface area contributed by atoms with Gasteiger partial charge in [0.1, 0.15) is 10.1 Å². The van der Waals surface area contributed by atoms with E-state index in [0.717, 1.165) is 10.1 Å². The van der Waals surface area contributed by atoms with E-state index in [1.807, 2.05) is 18.2 Å². The Morgan fingerprint density at radius 1 is 1.27 bits per heavy atom. The van der Waals surface area contributed by atoms with E-state index in [4.69, 9.17) is 17.3 Å². The van der Waals surface area contributed by atoms with E-state index in [0.29, 0.717) is 10.7 Å². The molecule has 0 amide bonds. The van der Waals surface area contributed by atoms with Gasteiger partial charge in [-0.05, 0) is 30.0 Å². The fourth-order valence-electron chi connectivity index (χ4n) is 1.03. The van der Waals surface area contributed by atoms with Crippen LogP contribution in [0.3, 0.4) is 0 Å². The van der Waals surface area contributed by atoms with E-state index in [-0.39, 0.29) is 0 Å². The molecule has 2 aromatic heterocycles. The van der Waals surface area contributed by atoms with Crippen LogP contribution in [-0.4, -0.2) is 9.97 Å². The van der Waals surface area contributed by atoms with E-state index in [1.54, 1.807) is 18.5 Å². The lowest BCUT2D eigenvalue weighted by Crippen LogP contribution is -1.91. The van der Waals surface area contributed by atoms with Crippen molar-refractivity contribution in [1.29, 1.82) is 0 Å². The number of hydrogen-bond donors (Lipinski definition) is 1. The van der Waals surface area contributed by atoms with Crippen molar-refractivity contribution >= 4 is 29.1 Å². The first-order valence-corrected chi connectivity index (χ1v) is 5.45. The highest BCUT2D eigenvalue weighted by Gasteiger charge is 2.04. The minimum Gasteiger partial charge on any atom is -0.396 e. The van der Waals surface area contributed by atoms with Gasteiger partial charge in [-0.1, -0.05) is 17.7 Å². The second-order valence-electron chi connectivity index (χ2n) is 2.82. The quantitative estimate of drug-likeness (QED) is 0.873. The molecule has 2 aromatic rings. The second-order valence-corrected chi connectivity index (χ2v) is 4.26. The van der Waals surface area contributed by atoms with Crippen LogP contribution in [0.1, 0.15) is 0 Å². The van der Waals surface area contributed by atoms with Gasteiger partial charge in [0, 0.05) is 12.4 Å².